The third kappa shape index (κ3) is 4.29. The summed E-state index contributed by atoms with van der Waals surface area (Å²) in [6, 6.07) is 8.96. The number of alkyl halides is 2. The van der Waals surface area contributed by atoms with Crippen LogP contribution in [-0.2, 0) is 4.79 Å². The van der Waals surface area contributed by atoms with E-state index < -0.39 is 13.0 Å². The summed E-state index contributed by atoms with van der Waals surface area (Å²) in [5.41, 5.74) is 0. The van der Waals surface area contributed by atoms with Crippen molar-refractivity contribution in [2.75, 3.05) is 6.54 Å². The normalized spacial score (nSPS) is 10.4. The van der Waals surface area contributed by atoms with Crippen molar-refractivity contribution >= 4 is 17.9 Å². The average Bonchev–Trinajstić information content (AvgIpc) is 2.17. The van der Waals surface area contributed by atoms with Crippen molar-refractivity contribution in [2.24, 2.45) is 0 Å². The quantitative estimate of drug-likeness (QED) is 0.743. The second-order valence-corrected chi connectivity index (χ2v) is 3.97. The summed E-state index contributed by atoms with van der Waals surface area (Å²) in [7, 11) is 0. The highest BCUT2D eigenvalue weighted by molar-refractivity contribution is 7.97. The van der Waals surface area contributed by atoms with Gasteiger partial charge in [-0.1, -0.05) is 18.2 Å². The van der Waals surface area contributed by atoms with Crippen molar-refractivity contribution in [1.82, 2.24) is 4.31 Å². The molecule has 0 atom stereocenters. The Kier molecular flexibility index (Phi) is 4.55. The number of carbonyl (C=O) groups excluding carboxylic acids is 1. The van der Waals surface area contributed by atoms with E-state index >= 15 is 0 Å². The molecule has 82 valence electrons. The van der Waals surface area contributed by atoms with Crippen LogP contribution in [0, 0.1) is 0 Å². The molecule has 0 aromatic heterocycles. The van der Waals surface area contributed by atoms with Crippen LogP contribution in [0.5, 0.6) is 0 Å². The maximum atomic E-state index is 12.1. The molecular weight excluding hydrogens is 220 g/mol. The fourth-order valence-corrected chi connectivity index (χ4v) is 1.81. The van der Waals surface area contributed by atoms with E-state index in [-0.39, 0.29) is 5.91 Å². The fourth-order valence-electron chi connectivity index (χ4n) is 0.964. The number of benzene rings is 1. The highest BCUT2D eigenvalue weighted by atomic mass is 32.2. The molecular formula is C10H11F2NOS. The van der Waals surface area contributed by atoms with E-state index in [1.54, 1.807) is 24.3 Å². The van der Waals surface area contributed by atoms with Gasteiger partial charge in [0.05, 0.1) is 6.54 Å². The molecule has 0 fully saturated rings. The Hall–Kier alpha value is -1.10. The van der Waals surface area contributed by atoms with Crippen molar-refractivity contribution < 1.29 is 13.6 Å². The Morgan fingerprint density at radius 2 is 2.00 bits per heavy atom. The first-order valence-corrected chi connectivity index (χ1v) is 5.16. The topological polar surface area (TPSA) is 20.3 Å². The van der Waals surface area contributed by atoms with Gasteiger partial charge in [-0.3, -0.25) is 9.10 Å². The van der Waals surface area contributed by atoms with Crippen LogP contribution in [0.15, 0.2) is 35.2 Å². The summed E-state index contributed by atoms with van der Waals surface area (Å²) in [6.45, 7) is 0.729. The Labute approximate surface area is 91.4 Å². The van der Waals surface area contributed by atoms with Gasteiger partial charge in [0.25, 0.3) is 6.43 Å². The monoisotopic (exact) mass is 231 g/mol. The van der Waals surface area contributed by atoms with Crippen molar-refractivity contribution in [3.63, 3.8) is 0 Å². The van der Waals surface area contributed by atoms with Crippen LogP contribution in [0.1, 0.15) is 6.92 Å². The van der Waals surface area contributed by atoms with E-state index in [2.05, 4.69) is 0 Å². The molecule has 0 bridgehead atoms. The van der Waals surface area contributed by atoms with Crippen LogP contribution in [0.3, 0.4) is 0 Å². The summed E-state index contributed by atoms with van der Waals surface area (Å²) >= 11 is 1.03. The van der Waals surface area contributed by atoms with Gasteiger partial charge in [-0.15, -0.1) is 0 Å². The lowest BCUT2D eigenvalue weighted by atomic mass is 10.4. The predicted octanol–water partition coefficient (Wildman–Crippen LogP) is 2.81. The van der Waals surface area contributed by atoms with Crippen LogP contribution < -0.4 is 0 Å². The second-order valence-electron chi connectivity index (χ2n) is 2.88. The largest absolute Gasteiger partial charge is 0.277 e. The van der Waals surface area contributed by atoms with E-state index in [1.807, 2.05) is 6.07 Å². The van der Waals surface area contributed by atoms with Gasteiger partial charge in [0.2, 0.25) is 5.91 Å². The smallest absolute Gasteiger partial charge is 0.256 e. The van der Waals surface area contributed by atoms with Gasteiger partial charge in [-0.2, -0.15) is 0 Å². The van der Waals surface area contributed by atoms with Gasteiger partial charge in [0.1, 0.15) is 0 Å². The van der Waals surface area contributed by atoms with E-state index in [1.165, 1.54) is 6.92 Å². The van der Waals surface area contributed by atoms with Gasteiger partial charge in [-0.25, -0.2) is 8.78 Å². The standard InChI is InChI=1S/C10H11F2NOS/c1-8(14)13(7-10(11)12)15-9-5-3-2-4-6-9/h2-6,10H,7H2,1H3. The molecule has 0 radical (unpaired) electrons. The zero-order valence-electron chi connectivity index (χ0n) is 8.19. The molecule has 0 aliphatic carbocycles. The van der Waals surface area contributed by atoms with Crippen LogP contribution in [-0.4, -0.2) is 23.2 Å². The SMILES string of the molecule is CC(=O)N(CC(F)F)Sc1ccccc1. The molecule has 1 rings (SSSR count). The van der Waals surface area contributed by atoms with Crippen molar-refractivity contribution in [3.05, 3.63) is 30.3 Å². The Bertz CT molecular complexity index is 318. The molecule has 1 aromatic rings. The van der Waals surface area contributed by atoms with Crippen molar-refractivity contribution in [1.29, 1.82) is 0 Å². The Balaban J connectivity index is 2.63. The molecule has 15 heavy (non-hydrogen) atoms. The summed E-state index contributed by atoms with van der Waals surface area (Å²) < 4.78 is 25.3. The molecule has 0 spiro atoms. The first kappa shape index (κ1) is 12.0. The van der Waals surface area contributed by atoms with E-state index in [4.69, 9.17) is 0 Å². The molecule has 2 nitrogen and oxygen atoms in total. The van der Waals surface area contributed by atoms with Gasteiger partial charge in [0, 0.05) is 11.8 Å². The van der Waals surface area contributed by atoms with E-state index in [0.29, 0.717) is 0 Å². The number of rotatable bonds is 4. The van der Waals surface area contributed by atoms with Crippen LogP contribution in [0.2, 0.25) is 0 Å². The number of hydrogen-bond donors (Lipinski definition) is 0. The zero-order valence-corrected chi connectivity index (χ0v) is 9.01. The molecule has 0 unspecified atom stereocenters. The number of hydrogen-bond acceptors (Lipinski definition) is 2. The molecule has 0 saturated carbocycles. The third-order valence-corrected chi connectivity index (χ3v) is 2.72. The molecule has 0 heterocycles. The Morgan fingerprint density at radius 3 is 2.47 bits per heavy atom. The van der Waals surface area contributed by atoms with Gasteiger partial charge in [0.15, 0.2) is 0 Å². The van der Waals surface area contributed by atoms with Gasteiger partial charge in [-0.05, 0) is 24.1 Å². The summed E-state index contributed by atoms with van der Waals surface area (Å²) in [5, 5.41) is 0. The minimum Gasteiger partial charge on any atom is -0.277 e. The predicted molar refractivity (Wildman–Crippen MR) is 55.7 cm³/mol. The molecule has 1 amide bonds. The Morgan fingerprint density at radius 1 is 1.40 bits per heavy atom. The molecule has 0 saturated heterocycles. The van der Waals surface area contributed by atoms with Crippen LogP contribution >= 0.6 is 11.9 Å². The summed E-state index contributed by atoms with van der Waals surface area (Å²) in [5.74, 6) is -0.371. The third-order valence-electron chi connectivity index (χ3n) is 1.61. The minimum absolute atomic E-state index is 0.371. The molecule has 5 heteroatoms. The number of halogens is 2. The van der Waals surface area contributed by atoms with Crippen LogP contribution in [0.25, 0.3) is 0 Å². The first-order valence-electron chi connectivity index (χ1n) is 4.39. The lowest BCUT2D eigenvalue weighted by Gasteiger charge is -2.18. The van der Waals surface area contributed by atoms with Gasteiger partial charge < -0.3 is 0 Å². The van der Waals surface area contributed by atoms with E-state index in [0.717, 1.165) is 21.1 Å². The maximum absolute atomic E-state index is 12.1. The fraction of sp³-hybridized carbons (Fsp3) is 0.300. The maximum Gasteiger partial charge on any atom is 0.256 e. The molecule has 1 aromatic carbocycles. The number of amides is 1. The zero-order chi connectivity index (χ0) is 11.3. The molecule has 0 aliphatic rings. The summed E-state index contributed by atoms with van der Waals surface area (Å²) in [4.78, 5) is 11.8. The minimum atomic E-state index is -2.51. The average molecular weight is 231 g/mol. The lowest BCUT2D eigenvalue weighted by molar-refractivity contribution is -0.125. The van der Waals surface area contributed by atoms with Crippen LogP contribution in [0.4, 0.5) is 8.78 Å². The van der Waals surface area contributed by atoms with E-state index in [9.17, 15) is 13.6 Å². The second kappa shape index (κ2) is 5.70. The number of carbonyl (C=O) groups is 1. The summed E-state index contributed by atoms with van der Waals surface area (Å²) in [6.07, 6.45) is -2.51. The first-order chi connectivity index (χ1) is 7.09. The van der Waals surface area contributed by atoms with Gasteiger partial charge >= 0.3 is 0 Å². The van der Waals surface area contributed by atoms with Crippen molar-refractivity contribution in [2.45, 2.75) is 18.2 Å². The highest BCUT2D eigenvalue weighted by Gasteiger charge is 2.15. The number of nitrogens with zero attached hydrogens (tertiary/aromatic N) is 1. The molecule has 0 aliphatic heterocycles. The highest BCUT2D eigenvalue weighted by Crippen LogP contribution is 2.22. The molecule has 0 N–H and O–H groups in total. The lowest BCUT2D eigenvalue weighted by Crippen LogP contribution is -2.26. The van der Waals surface area contributed by atoms with Crippen molar-refractivity contribution in [3.8, 4) is 0 Å².